The van der Waals surface area contributed by atoms with Crippen molar-refractivity contribution >= 4 is 22.5 Å². The maximum atomic E-state index is 11.6. The number of Topliss-reactive ketones (excluding diaryl/α,β-unsaturated/α-hetero) is 1. The number of primary amides is 1. The van der Waals surface area contributed by atoms with Crippen LogP contribution in [0.3, 0.4) is 0 Å². The van der Waals surface area contributed by atoms with Gasteiger partial charge in [-0.15, -0.1) is 0 Å². The number of benzene rings is 2. The van der Waals surface area contributed by atoms with E-state index in [2.05, 4.69) is 0 Å². The number of hydrogen-bond acceptors (Lipinski definition) is 3. The van der Waals surface area contributed by atoms with Crippen molar-refractivity contribution in [2.24, 2.45) is 11.5 Å². The Morgan fingerprint density at radius 3 is 2.53 bits per heavy atom. The molecule has 1 amide bonds. The van der Waals surface area contributed by atoms with Crippen molar-refractivity contribution in [3.05, 3.63) is 47.5 Å². The van der Waals surface area contributed by atoms with Crippen LogP contribution in [0.4, 0.5) is 0 Å². The summed E-state index contributed by atoms with van der Waals surface area (Å²) in [5.74, 6) is -0.607. The third-order valence-corrected chi connectivity index (χ3v) is 2.65. The molecule has 0 fully saturated rings. The van der Waals surface area contributed by atoms with Crippen molar-refractivity contribution in [1.29, 1.82) is 0 Å². The smallest absolute Gasteiger partial charge is 0.248 e. The number of ketones is 1. The lowest BCUT2D eigenvalue weighted by Crippen LogP contribution is -2.14. The van der Waals surface area contributed by atoms with E-state index in [4.69, 9.17) is 11.5 Å². The van der Waals surface area contributed by atoms with Crippen LogP contribution < -0.4 is 11.5 Å². The fourth-order valence-electron chi connectivity index (χ4n) is 1.79. The fourth-order valence-corrected chi connectivity index (χ4v) is 1.79. The molecular formula is C13H12N2O2. The molecular weight excluding hydrogens is 216 g/mol. The first-order chi connectivity index (χ1) is 8.13. The summed E-state index contributed by atoms with van der Waals surface area (Å²) in [6.45, 7) is -0.0311. The van der Waals surface area contributed by atoms with Crippen molar-refractivity contribution in [3.63, 3.8) is 0 Å². The first-order valence-corrected chi connectivity index (χ1v) is 5.19. The van der Waals surface area contributed by atoms with Gasteiger partial charge in [-0.1, -0.05) is 24.3 Å². The molecule has 0 saturated heterocycles. The summed E-state index contributed by atoms with van der Waals surface area (Å²) in [5, 5.41) is 1.59. The Bertz CT molecular complexity index is 605. The van der Waals surface area contributed by atoms with Gasteiger partial charge in [0, 0.05) is 11.1 Å². The van der Waals surface area contributed by atoms with Gasteiger partial charge in [0.25, 0.3) is 0 Å². The van der Waals surface area contributed by atoms with Gasteiger partial charge in [0.05, 0.1) is 6.54 Å². The van der Waals surface area contributed by atoms with E-state index in [1.807, 2.05) is 6.07 Å². The Kier molecular flexibility index (Phi) is 2.89. The average molecular weight is 228 g/mol. The largest absolute Gasteiger partial charge is 0.366 e. The summed E-state index contributed by atoms with van der Waals surface area (Å²) in [6, 6.07) is 10.3. The van der Waals surface area contributed by atoms with Gasteiger partial charge in [-0.25, -0.2) is 0 Å². The van der Waals surface area contributed by atoms with Gasteiger partial charge in [-0.05, 0) is 22.9 Å². The summed E-state index contributed by atoms with van der Waals surface area (Å²) in [5.41, 5.74) is 11.5. The van der Waals surface area contributed by atoms with Crippen molar-refractivity contribution < 1.29 is 9.59 Å². The lowest BCUT2D eigenvalue weighted by atomic mass is 9.99. The highest BCUT2D eigenvalue weighted by molar-refractivity contribution is 6.10. The van der Waals surface area contributed by atoms with Crippen LogP contribution in [0.2, 0.25) is 0 Å². The van der Waals surface area contributed by atoms with Gasteiger partial charge in [0.15, 0.2) is 5.78 Å². The van der Waals surface area contributed by atoms with E-state index in [1.165, 1.54) is 0 Å². The van der Waals surface area contributed by atoms with Crippen LogP contribution in [0, 0.1) is 0 Å². The predicted molar refractivity (Wildman–Crippen MR) is 65.9 cm³/mol. The van der Waals surface area contributed by atoms with Gasteiger partial charge >= 0.3 is 0 Å². The molecule has 0 aliphatic carbocycles. The van der Waals surface area contributed by atoms with E-state index in [1.54, 1.807) is 30.3 Å². The molecule has 2 aromatic carbocycles. The minimum Gasteiger partial charge on any atom is -0.366 e. The van der Waals surface area contributed by atoms with Gasteiger partial charge < -0.3 is 11.5 Å². The molecule has 4 nitrogen and oxygen atoms in total. The molecule has 2 aromatic rings. The van der Waals surface area contributed by atoms with Crippen LogP contribution in [0.25, 0.3) is 10.8 Å². The van der Waals surface area contributed by atoms with Crippen LogP contribution in [0.1, 0.15) is 20.7 Å². The second-order valence-corrected chi connectivity index (χ2v) is 3.73. The van der Waals surface area contributed by atoms with Gasteiger partial charge in [0.1, 0.15) is 0 Å². The maximum Gasteiger partial charge on any atom is 0.248 e. The molecule has 0 heterocycles. The lowest BCUT2D eigenvalue weighted by molar-refractivity contribution is 0.0994. The molecule has 0 atom stereocenters. The summed E-state index contributed by atoms with van der Waals surface area (Å²) in [4.78, 5) is 22.7. The molecule has 0 aliphatic rings. The zero-order valence-electron chi connectivity index (χ0n) is 9.14. The monoisotopic (exact) mass is 228 g/mol. The second-order valence-electron chi connectivity index (χ2n) is 3.73. The number of nitrogens with two attached hydrogens (primary N) is 2. The zero-order valence-corrected chi connectivity index (χ0v) is 9.14. The number of fused-ring (bicyclic) bond motifs is 1. The molecule has 86 valence electrons. The fraction of sp³-hybridized carbons (Fsp3) is 0.0769. The minimum absolute atomic E-state index is 0.0311. The molecule has 17 heavy (non-hydrogen) atoms. The molecule has 0 radical (unpaired) electrons. The third-order valence-electron chi connectivity index (χ3n) is 2.65. The van der Waals surface area contributed by atoms with Crippen LogP contribution >= 0.6 is 0 Å². The van der Waals surface area contributed by atoms with Crippen LogP contribution in [0.15, 0.2) is 36.4 Å². The van der Waals surface area contributed by atoms with Gasteiger partial charge in [-0.3, -0.25) is 9.59 Å². The lowest BCUT2D eigenvalue weighted by Gasteiger charge is -2.05. The second kappa shape index (κ2) is 4.35. The predicted octanol–water partition coefficient (Wildman–Crippen LogP) is 1.08. The molecule has 0 bridgehead atoms. The van der Waals surface area contributed by atoms with Crippen molar-refractivity contribution in [2.75, 3.05) is 6.54 Å². The Morgan fingerprint density at radius 1 is 1.12 bits per heavy atom. The molecule has 0 saturated carbocycles. The maximum absolute atomic E-state index is 11.6. The Morgan fingerprint density at radius 2 is 1.88 bits per heavy atom. The molecule has 0 aromatic heterocycles. The summed E-state index contributed by atoms with van der Waals surface area (Å²) >= 11 is 0. The Labute approximate surface area is 98.2 Å². The van der Waals surface area contributed by atoms with E-state index in [0.29, 0.717) is 11.1 Å². The highest BCUT2D eigenvalue weighted by Crippen LogP contribution is 2.20. The first kappa shape index (κ1) is 11.3. The van der Waals surface area contributed by atoms with E-state index < -0.39 is 5.91 Å². The van der Waals surface area contributed by atoms with Crippen LogP contribution in [0.5, 0.6) is 0 Å². The average Bonchev–Trinajstić information content (AvgIpc) is 2.36. The molecule has 4 N–H and O–H groups in total. The Balaban J connectivity index is 2.67. The molecule has 0 spiro atoms. The number of hydrogen-bond donors (Lipinski definition) is 2. The van der Waals surface area contributed by atoms with Crippen LogP contribution in [-0.2, 0) is 0 Å². The SMILES string of the molecule is NCC(=O)c1cccc2cc(C(N)=O)ccc12. The van der Waals surface area contributed by atoms with Crippen molar-refractivity contribution in [1.82, 2.24) is 0 Å². The highest BCUT2D eigenvalue weighted by atomic mass is 16.1. The van der Waals surface area contributed by atoms with Crippen LogP contribution in [-0.4, -0.2) is 18.2 Å². The van der Waals surface area contributed by atoms with Crippen molar-refractivity contribution in [2.45, 2.75) is 0 Å². The third kappa shape index (κ3) is 2.03. The number of amides is 1. The summed E-state index contributed by atoms with van der Waals surface area (Å²) in [7, 11) is 0. The van der Waals surface area contributed by atoms with E-state index in [-0.39, 0.29) is 12.3 Å². The molecule has 2 rings (SSSR count). The standard InChI is InChI=1S/C13H12N2O2/c14-7-12(16)11-3-1-2-8-6-9(13(15)17)4-5-10(8)11/h1-6H,7,14H2,(H2,15,17). The van der Waals surface area contributed by atoms with Gasteiger partial charge in [-0.2, -0.15) is 0 Å². The van der Waals surface area contributed by atoms with Crippen molar-refractivity contribution in [3.8, 4) is 0 Å². The normalized spacial score (nSPS) is 10.4. The minimum atomic E-state index is -0.484. The van der Waals surface area contributed by atoms with Gasteiger partial charge in [0.2, 0.25) is 5.91 Å². The summed E-state index contributed by atoms with van der Waals surface area (Å²) in [6.07, 6.45) is 0. The zero-order chi connectivity index (χ0) is 12.4. The van der Waals surface area contributed by atoms with E-state index >= 15 is 0 Å². The molecule has 0 unspecified atom stereocenters. The molecule has 0 aliphatic heterocycles. The first-order valence-electron chi connectivity index (χ1n) is 5.19. The van der Waals surface area contributed by atoms with E-state index in [9.17, 15) is 9.59 Å². The number of carbonyl (C=O) groups excluding carboxylic acids is 2. The topological polar surface area (TPSA) is 86.2 Å². The number of carbonyl (C=O) groups is 2. The quantitative estimate of drug-likeness (QED) is 0.771. The highest BCUT2D eigenvalue weighted by Gasteiger charge is 2.09. The number of rotatable bonds is 3. The van der Waals surface area contributed by atoms with E-state index in [0.717, 1.165) is 10.8 Å². The molecule has 4 heteroatoms. The Hall–Kier alpha value is -2.20. The summed E-state index contributed by atoms with van der Waals surface area (Å²) < 4.78 is 0.